The number of pyridine rings is 5. The minimum absolute atomic E-state index is 0. The molecule has 10 heterocycles. The number of piperidine rings is 3. The molecule has 5 aliphatic heterocycles. The van der Waals surface area contributed by atoms with Gasteiger partial charge in [-0.1, -0.05) is 92.9 Å². The second-order valence-electron chi connectivity index (χ2n) is 27.2. The van der Waals surface area contributed by atoms with Crippen LogP contribution in [0.4, 0.5) is 11.6 Å². The van der Waals surface area contributed by atoms with Gasteiger partial charge in [0.15, 0.2) is 12.7 Å². The van der Waals surface area contributed by atoms with E-state index in [1.54, 1.807) is 19.5 Å². The first-order valence-electron chi connectivity index (χ1n) is 31.1. The number of hydrogen-bond acceptors (Lipinski definition) is 8. The molecule has 12 nitrogen and oxygen atoms in total. The average molecular weight is 1470 g/mol. The summed E-state index contributed by atoms with van der Waals surface area (Å²) >= 11 is 7.55. The summed E-state index contributed by atoms with van der Waals surface area (Å²) in [7, 11) is 1.72. The van der Waals surface area contributed by atoms with Crippen LogP contribution in [0.15, 0.2) is 156 Å². The van der Waals surface area contributed by atoms with Crippen molar-refractivity contribution in [3.8, 4) is 5.75 Å². The van der Waals surface area contributed by atoms with Gasteiger partial charge in [-0.05, 0) is 152 Å². The first-order chi connectivity index (χ1) is 42.0. The standard InChI is InChI=1S/C35H38Br2N2O2.C20H25N3O.C19H21N3O.2BrH/c1-4-24-21-39(22-27-18-28(41-3)10-12-32(27)37)16-14-25(24)19-34(39)35(40)30-13-15-38(33-8-6-5-7-29(30)33)20-26-17-23(2)9-11-31(26)36;1-6-14-10-13(2)12-22-17(14)11-16-15-8-7-9-21-18(15)23(19(16)24)20(3,4)5;1-12-8-13-9-19(10-15(13)21-11-12)14-6-5-7-20-16(14)22(17(19)23)18(2,3)4;;/h4-13,15,17-18,24-25,34-35,40H,1,14,16,19-22H2,2-3H3;7-10,12,16H,6,11H2,1-5H3;5-8,11H,9-10H2,1-4H3;2*1H/q+2;;;;/p-2/t24-,25?,34-,35+,39?;;19-;;/m1.0../s1. The van der Waals surface area contributed by atoms with Crippen molar-refractivity contribution in [1.82, 2.24) is 19.9 Å². The molecule has 7 atom stereocenters. The number of halogens is 4. The molecule has 1 spiro atoms. The van der Waals surface area contributed by atoms with Crippen molar-refractivity contribution in [1.29, 1.82) is 0 Å². The third kappa shape index (κ3) is 13.2. The Hall–Kier alpha value is -6.01. The lowest BCUT2D eigenvalue weighted by Gasteiger charge is -2.58. The summed E-state index contributed by atoms with van der Waals surface area (Å²) in [4.78, 5) is 48.5. The lowest BCUT2D eigenvalue weighted by Crippen LogP contribution is -3.00. The molecule has 3 unspecified atom stereocenters. The van der Waals surface area contributed by atoms with E-state index in [2.05, 4.69) is 196 Å². The number of rotatable bonds is 11. The Morgan fingerprint density at radius 2 is 1.47 bits per heavy atom. The Morgan fingerprint density at radius 3 is 2.19 bits per heavy atom. The van der Waals surface area contributed by atoms with Crippen LogP contribution >= 0.6 is 31.9 Å². The number of nitrogens with zero attached hydrogens (tertiary/aromatic N) is 8. The van der Waals surface area contributed by atoms with E-state index in [0.29, 0.717) is 24.7 Å². The Morgan fingerprint density at radius 1 is 0.789 bits per heavy atom. The van der Waals surface area contributed by atoms with Crippen LogP contribution in [0.3, 0.4) is 0 Å². The van der Waals surface area contributed by atoms with Gasteiger partial charge in [0.25, 0.3) is 0 Å². The van der Waals surface area contributed by atoms with Gasteiger partial charge in [0.05, 0.1) is 36.9 Å². The summed E-state index contributed by atoms with van der Waals surface area (Å²) in [5.41, 5.74) is 13.6. The Labute approximate surface area is 570 Å². The Bertz CT molecular complexity index is 4000. The number of fused-ring (bicyclic) bond motifs is 8. The second kappa shape index (κ2) is 27.3. The molecule has 1 N–H and O–H groups in total. The van der Waals surface area contributed by atoms with Crippen molar-refractivity contribution in [2.24, 2.45) is 11.8 Å². The van der Waals surface area contributed by atoms with Gasteiger partial charge in [-0.2, -0.15) is 4.57 Å². The zero-order chi connectivity index (χ0) is 62.6. The van der Waals surface area contributed by atoms with Gasteiger partial charge < -0.3 is 48.3 Å². The molecule has 8 aromatic rings. The molecule has 6 aliphatic rings. The summed E-state index contributed by atoms with van der Waals surface area (Å²) in [6.45, 7) is 28.6. The summed E-state index contributed by atoms with van der Waals surface area (Å²) in [6.07, 6.45) is 16.2. The molecule has 1 aliphatic carbocycles. The highest BCUT2D eigenvalue weighted by molar-refractivity contribution is 9.10. The van der Waals surface area contributed by atoms with E-state index < -0.39 is 11.5 Å². The molecule has 472 valence electrons. The number of anilines is 2. The van der Waals surface area contributed by atoms with Gasteiger partial charge in [-0.25, -0.2) is 9.97 Å². The number of aromatic nitrogens is 5. The number of amides is 2. The van der Waals surface area contributed by atoms with E-state index in [9.17, 15) is 14.7 Å². The first kappa shape index (κ1) is 68.4. The maximum absolute atomic E-state index is 13.4. The van der Waals surface area contributed by atoms with Crippen molar-refractivity contribution < 1.29 is 62.4 Å². The van der Waals surface area contributed by atoms with Gasteiger partial charge >= 0.3 is 0 Å². The predicted octanol–water partition coefficient (Wildman–Crippen LogP) is 8.46. The molecule has 2 amide bonds. The number of methoxy groups -OCH3 is 1. The highest BCUT2D eigenvalue weighted by Crippen LogP contribution is 2.52. The van der Waals surface area contributed by atoms with Gasteiger partial charge in [0.2, 0.25) is 17.3 Å². The molecule has 3 saturated heterocycles. The number of carbonyl (C=O) groups is 2. The minimum atomic E-state index is -0.571. The first-order valence-corrected chi connectivity index (χ1v) is 32.7. The summed E-state index contributed by atoms with van der Waals surface area (Å²) in [5, 5.41) is 13.4. The lowest BCUT2D eigenvalue weighted by molar-refractivity contribution is -0.985. The second-order valence-corrected chi connectivity index (χ2v) is 28.9. The summed E-state index contributed by atoms with van der Waals surface area (Å²) in [6, 6.07) is 35.8. The minimum Gasteiger partial charge on any atom is -1.00 e. The molecular weight excluding hydrogens is 1380 g/mol. The van der Waals surface area contributed by atoms with Crippen LogP contribution in [-0.4, -0.2) is 78.7 Å². The maximum Gasteiger partial charge on any atom is 0.240 e. The zero-order valence-electron chi connectivity index (χ0n) is 53.7. The third-order valence-corrected chi connectivity index (χ3v) is 20.7. The monoisotopic (exact) mass is 1460 g/mol. The van der Waals surface area contributed by atoms with Crippen LogP contribution in [0.5, 0.6) is 5.75 Å². The maximum atomic E-state index is 13.4. The highest BCUT2D eigenvalue weighted by Gasteiger charge is 2.58. The average Bonchev–Trinajstić information content (AvgIpc) is 1.49. The van der Waals surface area contributed by atoms with Crippen LogP contribution in [-0.2, 0) is 53.8 Å². The van der Waals surface area contributed by atoms with Crippen LogP contribution in [0.1, 0.15) is 140 Å². The van der Waals surface area contributed by atoms with Crippen molar-refractivity contribution in [3.63, 3.8) is 0 Å². The molecule has 3 aromatic carbocycles. The number of aryl methyl sites for hydroxylation is 4. The molecule has 0 saturated carbocycles. The van der Waals surface area contributed by atoms with Gasteiger partial charge in [0.1, 0.15) is 36.1 Å². The zero-order valence-corrected chi connectivity index (χ0v) is 60.0. The van der Waals surface area contributed by atoms with Crippen molar-refractivity contribution in [2.75, 3.05) is 30.0 Å². The molecule has 5 aromatic heterocycles. The van der Waals surface area contributed by atoms with Crippen molar-refractivity contribution >= 4 is 66.2 Å². The largest absolute Gasteiger partial charge is 1.00 e. The number of aliphatic hydroxyl groups excluding tert-OH is 1. The normalized spacial score (nSPS) is 21.5. The van der Waals surface area contributed by atoms with Crippen LogP contribution in [0.2, 0.25) is 0 Å². The highest BCUT2D eigenvalue weighted by atomic mass is 79.9. The van der Waals surface area contributed by atoms with E-state index in [1.165, 1.54) is 34.2 Å². The molecule has 0 radical (unpaired) electrons. The predicted molar refractivity (Wildman–Crippen MR) is 357 cm³/mol. The fraction of sp³-hybridized carbons (Fsp3) is 0.392. The van der Waals surface area contributed by atoms with Crippen LogP contribution in [0, 0.1) is 32.6 Å². The molecule has 90 heavy (non-hydrogen) atoms. The van der Waals surface area contributed by atoms with E-state index in [0.717, 1.165) is 126 Å². The SMILES string of the molecule is C=C[C@@H]1C[N+]2(Cc3cc(OC)ccc3Br)CCC1C[C@@H]2[C@@H](O)c1cc[n+](Cc2cc(C)ccc2Br)c2ccccc12.CCc1cc(C)cnc1CC1C(=O)N(C(C)(C)C)c2ncccc21.Cc1cnc2c(c1)C[C@@]1(C2)C(=O)N(C(C)(C)C)c2ncccc21.[Br-].[Br-]. The van der Waals surface area contributed by atoms with E-state index in [-0.39, 0.29) is 68.8 Å². The number of quaternary nitrogens is 1. The number of aliphatic hydroxyl groups is 1. The Kier molecular flexibility index (Phi) is 20.7. The Balaban J connectivity index is 0.000000169. The van der Waals surface area contributed by atoms with E-state index in [1.807, 2.05) is 74.2 Å². The smallest absolute Gasteiger partial charge is 0.240 e. The number of carbonyl (C=O) groups excluding carboxylic acids is 2. The fourth-order valence-electron chi connectivity index (χ4n) is 14.9. The summed E-state index contributed by atoms with van der Waals surface area (Å²) < 4.78 is 10.9. The number of benzene rings is 3. The molecule has 2 bridgehead atoms. The molecule has 3 fully saturated rings. The van der Waals surface area contributed by atoms with E-state index in [4.69, 9.17) is 4.74 Å². The van der Waals surface area contributed by atoms with Gasteiger partial charge in [0, 0.05) is 128 Å². The topological polar surface area (TPSA) is 126 Å². The lowest BCUT2D eigenvalue weighted by atomic mass is 9.71. The quantitative estimate of drug-likeness (QED) is 0.0778. The van der Waals surface area contributed by atoms with Crippen LogP contribution in [0.25, 0.3) is 10.9 Å². The number of ether oxygens (including phenoxy) is 1. The van der Waals surface area contributed by atoms with Crippen molar-refractivity contribution in [2.45, 2.75) is 155 Å². The summed E-state index contributed by atoms with van der Waals surface area (Å²) in [5.74, 6) is 3.60. The van der Waals surface area contributed by atoms with Crippen LogP contribution < -0.4 is 53.1 Å². The fourth-order valence-corrected chi connectivity index (χ4v) is 15.6. The van der Waals surface area contributed by atoms with E-state index >= 15 is 0 Å². The molecule has 14 rings (SSSR count). The molecular formula is C74H84Br4N8O4. The third-order valence-electron chi connectivity index (χ3n) is 19.1. The number of hydrogen-bond donors (Lipinski definition) is 1. The van der Waals surface area contributed by atoms with Crippen molar-refractivity contribution in [3.05, 3.63) is 223 Å². The van der Waals surface area contributed by atoms with Gasteiger partial charge in [-0.15, -0.1) is 6.58 Å². The number of para-hydroxylation sites is 1. The van der Waals surface area contributed by atoms with Gasteiger partial charge in [-0.3, -0.25) is 29.4 Å². The molecule has 16 heteroatoms.